The number of nitrogens with one attached hydrogen (secondary N) is 1. The fourth-order valence-corrected chi connectivity index (χ4v) is 2.89. The standard InChI is InChI=1S/C18H29N3O2/c1-15(22)10-13-20(2)18(23)19-14-16-8-4-5-9-17(16)21-11-6-3-7-12-21/h4-5,8-9,15,22H,3,6-7,10-14H2,1-2H3,(H,19,23). The van der Waals surface area contributed by atoms with Gasteiger partial charge in [-0.05, 0) is 44.2 Å². The minimum absolute atomic E-state index is 0.0981. The molecule has 2 amide bonds. The maximum absolute atomic E-state index is 12.1. The summed E-state index contributed by atoms with van der Waals surface area (Å²) in [5, 5.41) is 12.3. The van der Waals surface area contributed by atoms with E-state index < -0.39 is 0 Å². The van der Waals surface area contributed by atoms with E-state index in [9.17, 15) is 9.90 Å². The number of amides is 2. The number of nitrogens with zero attached hydrogens (tertiary/aromatic N) is 2. The Kier molecular flexibility index (Phi) is 6.71. The summed E-state index contributed by atoms with van der Waals surface area (Å²) in [6.45, 7) is 5.01. The summed E-state index contributed by atoms with van der Waals surface area (Å²) in [5.74, 6) is 0. The number of urea groups is 1. The number of piperidine rings is 1. The van der Waals surface area contributed by atoms with E-state index in [0.29, 0.717) is 19.5 Å². The Hall–Kier alpha value is -1.75. The Bertz CT molecular complexity index is 499. The van der Waals surface area contributed by atoms with Gasteiger partial charge in [0, 0.05) is 38.9 Å². The largest absolute Gasteiger partial charge is 0.393 e. The molecule has 1 aliphatic heterocycles. The number of anilines is 1. The Morgan fingerprint density at radius 1 is 1.30 bits per heavy atom. The summed E-state index contributed by atoms with van der Waals surface area (Å²) in [7, 11) is 1.76. The third-order valence-electron chi connectivity index (χ3n) is 4.35. The first-order chi connectivity index (χ1) is 11.1. The van der Waals surface area contributed by atoms with Crippen LogP contribution in [0.25, 0.3) is 0 Å². The van der Waals surface area contributed by atoms with Gasteiger partial charge in [0.25, 0.3) is 0 Å². The molecule has 1 aromatic rings. The number of aliphatic hydroxyl groups is 1. The summed E-state index contributed by atoms with van der Waals surface area (Å²) in [6.07, 6.45) is 3.99. The predicted molar refractivity (Wildman–Crippen MR) is 93.7 cm³/mol. The summed E-state index contributed by atoms with van der Waals surface area (Å²) in [4.78, 5) is 16.2. The van der Waals surface area contributed by atoms with Crippen LogP contribution in [0, 0.1) is 0 Å². The molecule has 5 nitrogen and oxygen atoms in total. The van der Waals surface area contributed by atoms with Gasteiger partial charge in [-0.1, -0.05) is 18.2 Å². The quantitative estimate of drug-likeness (QED) is 0.847. The van der Waals surface area contributed by atoms with Crippen LogP contribution in [-0.2, 0) is 6.54 Å². The summed E-state index contributed by atoms with van der Waals surface area (Å²) in [5.41, 5.74) is 2.39. The maximum Gasteiger partial charge on any atom is 0.317 e. The fourth-order valence-electron chi connectivity index (χ4n) is 2.89. The predicted octanol–water partition coefficient (Wildman–Crippen LogP) is 2.59. The van der Waals surface area contributed by atoms with Crippen LogP contribution < -0.4 is 10.2 Å². The van der Waals surface area contributed by atoms with Gasteiger partial charge in [0.2, 0.25) is 0 Å². The number of carbonyl (C=O) groups is 1. The van der Waals surface area contributed by atoms with E-state index in [0.717, 1.165) is 18.7 Å². The molecule has 0 spiro atoms. The van der Waals surface area contributed by atoms with Gasteiger partial charge < -0.3 is 20.2 Å². The van der Waals surface area contributed by atoms with Crippen molar-refractivity contribution in [3.63, 3.8) is 0 Å². The second-order valence-electron chi connectivity index (χ2n) is 6.39. The molecule has 5 heteroatoms. The van der Waals surface area contributed by atoms with Crippen molar-refractivity contribution in [2.45, 2.75) is 45.3 Å². The van der Waals surface area contributed by atoms with Crippen LogP contribution in [0.1, 0.15) is 38.2 Å². The lowest BCUT2D eigenvalue weighted by molar-refractivity contribution is 0.163. The van der Waals surface area contributed by atoms with Crippen LogP contribution in [0.5, 0.6) is 0 Å². The molecule has 1 saturated heterocycles. The van der Waals surface area contributed by atoms with E-state index in [1.54, 1.807) is 18.9 Å². The van der Waals surface area contributed by atoms with Gasteiger partial charge in [0.05, 0.1) is 6.10 Å². The smallest absolute Gasteiger partial charge is 0.317 e. The van der Waals surface area contributed by atoms with Gasteiger partial charge in [-0.3, -0.25) is 0 Å². The first kappa shape index (κ1) is 17.6. The molecule has 1 heterocycles. The zero-order chi connectivity index (χ0) is 16.7. The van der Waals surface area contributed by atoms with E-state index in [4.69, 9.17) is 0 Å². The molecular weight excluding hydrogens is 290 g/mol. The van der Waals surface area contributed by atoms with Gasteiger partial charge in [-0.2, -0.15) is 0 Å². The summed E-state index contributed by atoms with van der Waals surface area (Å²) < 4.78 is 0. The van der Waals surface area contributed by atoms with Crippen molar-refractivity contribution in [2.75, 3.05) is 31.6 Å². The zero-order valence-corrected chi connectivity index (χ0v) is 14.3. The van der Waals surface area contributed by atoms with Crippen LogP contribution in [-0.4, -0.2) is 48.8 Å². The van der Waals surface area contributed by atoms with Gasteiger partial charge >= 0.3 is 6.03 Å². The van der Waals surface area contributed by atoms with Crippen molar-refractivity contribution in [3.8, 4) is 0 Å². The highest BCUT2D eigenvalue weighted by atomic mass is 16.3. The molecule has 0 bridgehead atoms. The first-order valence-electron chi connectivity index (χ1n) is 8.58. The lowest BCUT2D eigenvalue weighted by Crippen LogP contribution is -2.38. The maximum atomic E-state index is 12.1. The van der Waals surface area contributed by atoms with Crippen molar-refractivity contribution >= 4 is 11.7 Å². The molecule has 0 aromatic heterocycles. The number of carbonyl (C=O) groups excluding carboxylic acids is 1. The SMILES string of the molecule is CC(O)CCN(C)C(=O)NCc1ccccc1N1CCCCC1. The Morgan fingerprint density at radius 2 is 2.00 bits per heavy atom. The van der Waals surface area contributed by atoms with E-state index in [-0.39, 0.29) is 12.1 Å². The molecule has 1 fully saturated rings. The number of rotatable bonds is 6. The molecular formula is C18H29N3O2. The minimum Gasteiger partial charge on any atom is -0.393 e. The van der Waals surface area contributed by atoms with Gasteiger partial charge in [-0.15, -0.1) is 0 Å². The number of benzene rings is 1. The Labute approximate surface area is 139 Å². The lowest BCUT2D eigenvalue weighted by atomic mass is 10.1. The summed E-state index contributed by atoms with van der Waals surface area (Å²) in [6, 6.07) is 8.21. The molecule has 23 heavy (non-hydrogen) atoms. The number of aliphatic hydroxyl groups excluding tert-OH is 1. The van der Waals surface area contributed by atoms with Crippen LogP contribution in [0.4, 0.5) is 10.5 Å². The molecule has 0 saturated carbocycles. The van der Waals surface area contributed by atoms with Gasteiger partial charge in [0.15, 0.2) is 0 Å². The van der Waals surface area contributed by atoms with Crippen molar-refractivity contribution in [3.05, 3.63) is 29.8 Å². The normalized spacial score (nSPS) is 16.0. The second-order valence-corrected chi connectivity index (χ2v) is 6.39. The van der Waals surface area contributed by atoms with Gasteiger partial charge in [-0.25, -0.2) is 4.79 Å². The van der Waals surface area contributed by atoms with Crippen molar-refractivity contribution in [1.82, 2.24) is 10.2 Å². The zero-order valence-electron chi connectivity index (χ0n) is 14.3. The average Bonchev–Trinajstić information content (AvgIpc) is 2.58. The fraction of sp³-hybridized carbons (Fsp3) is 0.611. The van der Waals surface area contributed by atoms with Crippen molar-refractivity contribution in [1.29, 1.82) is 0 Å². The molecule has 1 aliphatic rings. The Balaban J connectivity index is 1.91. The van der Waals surface area contributed by atoms with Crippen LogP contribution in [0.2, 0.25) is 0 Å². The van der Waals surface area contributed by atoms with Gasteiger partial charge in [0.1, 0.15) is 0 Å². The molecule has 2 rings (SSSR count). The van der Waals surface area contributed by atoms with E-state index in [1.807, 2.05) is 6.07 Å². The van der Waals surface area contributed by atoms with Crippen LogP contribution in [0.3, 0.4) is 0 Å². The second kappa shape index (κ2) is 8.77. The average molecular weight is 319 g/mol. The highest BCUT2D eigenvalue weighted by Gasteiger charge is 2.15. The Morgan fingerprint density at radius 3 is 2.70 bits per heavy atom. The first-order valence-corrected chi connectivity index (χ1v) is 8.58. The molecule has 0 radical (unpaired) electrons. The van der Waals surface area contributed by atoms with Crippen LogP contribution >= 0.6 is 0 Å². The van der Waals surface area contributed by atoms with E-state index in [2.05, 4.69) is 28.4 Å². The molecule has 1 unspecified atom stereocenters. The monoisotopic (exact) mass is 319 g/mol. The van der Waals surface area contributed by atoms with Crippen molar-refractivity contribution in [2.24, 2.45) is 0 Å². The third-order valence-corrected chi connectivity index (χ3v) is 4.35. The molecule has 0 aliphatic carbocycles. The molecule has 1 aromatic carbocycles. The third kappa shape index (κ3) is 5.43. The van der Waals surface area contributed by atoms with Crippen molar-refractivity contribution < 1.29 is 9.90 Å². The minimum atomic E-state index is -0.384. The summed E-state index contributed by atoms with van der Waals surface area (Å²) >= 11 is 0. The molecule has 1 atom stereocenters. The lowest BCUT2D eigenvalue weighted by Gasteiger charge is -2.30. The number of para-hydroxylation sites is 1. The van der Waals surface area contributed by atoms with Crippen LogP contribution in [0.15, 0.2) is 24.3 Å². The highest BCUT2D eigenvalue weighted by molar-refractivity contribution is 5.74. The number of hydrogen-bond acceptors (Lipinski definition) is 3. The molecule has 2 N–H and O–H groups in total. The molecule has 128 valence electrons. The highest BCUT2D eigenvalue weighted by Crippen LogP contribution is 2.24. The van der Waals surface area contributed by atoms with E-state index in [1.165, 1.54) is 24.9 Å². The topological polar surface area (TPSA) is 55.8 Å². The number of hydrogen-bond donors (Lipinski definition) is 2. The van der Waals surface area contributed by atoms with E-state index >= 15 is 0 Å².